The SMILES string of the molecule is CNCCCC(=O)NC(C)c1c(F)cccc1Cl. The van der Waals surface area contributed by atoms with Gasteiger partial charge in [0.1, 0.15) is 5.82 Å². The summed E-state index contributed by atoms with van der Waals surface area (Å²) >= 11 is 5.93. The van der Waals surface area contributed by atoms with E-state index in [-0.39, 0.29) is 5.91 Å². The lowest BCUT2D eigenvalue weighted by atomic mass is 10.1. The lowest BCUT2D eigenvalue weighted by molar-refractivity contribution is -0.121. The van der Waals surface area contributed by atoms with Gasteiger partial charge < -0.3 is 10.6 Å². The molecule has 1 atom stereocenters. The van der Waals surface area contributed by atoms with Crippen molar-refractivity contribution in [1.82, 2.24) is 10.6 Å². The second-order valence-electron chi connectivity index (χ2n) is 4.13. The summed E-state index contributed by atoms with van der Waals surface area (Å²) in [6.45, 7) is 2.50. The molecule has 0 bridgehead atoms. The number of nitrogens with one attached hydrogen (secondary N) is 2. The lowest BCUT2D eigenvalue weighted by Gasteiger charge is -2.16. The van der Waals surface area contributed by atoms with E-state index in [9.17, 15) is 9.18 Å². The lowest BCUT2D eigenvalue weighted by Crippen LogP contribution is -2.28. The number of carbonyl (C=O) groups is 1. The molecule has 2 N–H and O–H groups in total. The van der Waals surface area contributed by atoms with Crippen molar-refractivity contribution >= 4 is 17.5 Å². The molecule has 18 heavy (non-hydrogen) atoms. The molecule has 1 amide bonds. The Balaban J connectivity index is 2.59. The van der Waals surface area contributed by atoms with Crippen LogP contribution in [0.1, 0.15) is 31.4 Å². The van der Waals surface area contributed by atoms with Crippen LogP contribution in [0.2, 0.25) is 5.02 Å². The van der Waals surface area contributed by atoms with Crippen LogP contribution >= 0.6 is 11.6 Å². The van der Waals surface area contributed by atoms with Crippen molar-refractivity contribution in [3.63, 3.8) is 0 Å². The number of amides is 1. The maximum atomic E-state index is 13.6. The number of halogens is 2. The van der Waals surface area contributed by atoms with Crippen LogP contribution in [0.3, 0.4) is 0 Å². The number of rotatable bonds is 6. The molecule has 0 aliphatic heterocycles. The van der Waals surface area contributed by atoms with Crippen LogP contribution in [0.25, 0.3) is 0 Å². The van der Waals surface area contributed by atoms with E-state index in [1.54, 1.807) is 19.1 Å². The number of hydrogen-bond acceptors (Lipinski definition) is 2. The van der Waals surface area contributed by atoms with Crippen molar-refractivity contribution < 1.29 is 9.18 Å². The minimum atomic E-state index is -0.430. The highest BCUT2D eigenvalue weighted by molar-refractivity contribution is 6.31. The second kappa shape index (κ2) is 7.34. The van der Waals surface area contributed by atoms with Gasteiger partial charge in [-0.15, -0.1) is 0 Å². The molecule has 0 aromatic heterocycles. The Labute approximate surface area is 112 Å². The summed E-state index contributed by atoms with van der Waals surface area (Å²) in [5, 5.41) is 6.04. The highest BCUT2D eigenvalue weighted by Crippen LogP contribution is 2.25. The van der Waals surface area contributed by atoms with Crippen LogP contribution in [0, 0.1) is 5.82 Å². The first-order valence-corrected chi connectivity index (χ1v) is 6.32. The molecular formula is C13H18ClFN2O. The summed E-state index contributed by atoms with van der Waals surface area (Å²) in [6.07, 6.45) is 1.16. The molecule has 0 spiro atoms. The fraction of sp³-hybridized carbons (Fsp3) is 0.462. The third kappa shape index (κ3) is 4.27. The van der Waals surface area contributed by atoms with E-state index in [1.165, 1.54) is 6.07 Å². The summed E-state index contributed by atoms with van der Waals surface area (Å²) in [4.78, 5) is 11.6. The third-order valence-corrected chi connectivity index (χ3v) is 2.97. The minimum Gasteiger partial charge on any atom is -0.349 e. The molecule has 0 radical (unpaired) electrons. The summed E-state index contributed by atoms with van der Waals surface area (Å²) < 4.78 is 13.6. The zero-order chi connectivity index (χ0) is 13.5. The minimum absolute atomic E-state index is 0.0999. The molecule has 0 saturated carbocycles. The highest BCUT2D eigenvalue weighted by Gasteiger charge is 2.16. The fourth-order valence-corrected chi connectivity index (χ4v) is 2.06. The average molecular weight is 273 g/mol. The first-order valence-electron chi connectivity index (χ1n) is 5.94. The van der Waals surface area contributed by atoms with Gasteiger partial charge in [-0.25, -0.2) is 4.39 Å². The zero-order valence-corrected chi connectivity index (χ0v) is 11.4. The largest absolute Gasteiger partial charge is 0.349 e. The summed E-state index contributed by atoms with van der Waals surface area (Å²) in [6, 6.07) is 4.07. The van der Waals surface area contributed by atoms with Gasteiger partial charge in [-0.1, -0.05) is 17.7 Å². The maximum Gasteiger partial charge on any atom is 0.220 e. The number of hydrogen-bond donors (Lipinski definition) is 2. The van der Waals surface area contributed by atoms with Gasteiger partial charge in [-0.05, 0) is 39.1 Å². The van der Waals surface area contributed by atoms with Crippen molar-refractivity contribution in [2.24, 2.45) is 0 Å². The first kappa shape index (κ1) is 14.9. The van der Waals surface area contributed by atoms with Crippen molar-refractivity contribution in [3.05, 3.63) is 34.6 Å². The van der Waals surface area contributed by atoms with Crippen molar-refractivity contribution in [2.75, 3.05) is 13.6 Å². The average Bonchev–Trinajstić information content (AvgIpc) is 2.29. The van der Waals surface area contributed by atoms with Gasteiger partial charge in [0.25, 0.3) is 0 Å². The van der Waals surface area contributed by atoms with Crippen LogP contribution < -0.4 is 10.6 Å². The van der Waals surface area contributed by atoms with Crippen LogP contribution in [-0.2, 0) is 4.79 Å². The van der Waals surface area contributed by atoms with E-state index >= 15 is 0 Å². The van der Waals surface area contributed by atoms with E-state index < -0.39 is 11.9 Å². The molecule has 100 valence electrons. The molecule has 1 aromatic rings. The molecule has 5 heteroatoms. The molecule has 0 aliphatic rings. The molecule has 0 heterocycles. The van der Waals surface area contributed by atoms with Crippen LogP contribution in [0.4, 0.5) is 4.39 Å². The van der Waals surface area contributed by atoms with E-state index in [4.69, 9.17) is 11.6 Å². The monoisotopic (exact) mass is 272 g/mol. The molecule has 0 aliphatic carbocycles. The van der Waals surface area contributed by atoms with Crippen LogP contribution in [0.5, 0.6) is 0 Å². The fourth-order valence-electron chi connectivity index (χ4n) is 1.74. The molecular weight excluding hydrogens is 255 g/mol. The normalized spacial score (nSPS) is 12.2. The van der Waals surface area contributed by atoms with Gasteiger partial charge in [-0.2, -0.15) is 0 Å². The van der Waals surface area contributed by atoms with E-state index in [2.05, 4.69) is 10.6 Å². The Kier molecular flexibility index (Phi) is 6.09. The molecule has 1 unspecified atom stereocenters. The predicted molar refractivity (Wildman–Crippen MR) is 71.1 cm³/mol. The van der Waals surface area contributed by atoms with Crippen LogP contribution in [-0.4, -0.2) is 19.5 Å². The molecule has 3 nitrogen and oxygen atoms in total. The van der Waals surface area contributed by atoms with Gasteiger partial charge in [0.05, 0.1) is 6.04 Å². The maximum absolute atomic E-state index is 13.6. The topological polar surface area (TPSA) is 41.1 Å². The Bertz CT molecular complexity index is 392. The van der Waals surface area contributed by atoms with Gasteiger partial charge >= 0.3 is 0 Å². The molecule has 1 aromatic carbocycles. The molecule has 0 fully saturated rings. The quantitative estimate of drug-likeness (QED) is 0.782. The Morgan fingerprint density at radius 1 is 1.50 bits per heavy atom. The van der Waals surface area contributed by atoms with Crippen LogP contribution in [0.15, 0.2) is 18.2 Å². The molecule has 0 saturated heterocycles. The smallest absolute Gasteiger partial charge is 0.220 e. The Morgan fingerprint density at radius 2 is 2.22 bits per heavy atom. The van der Waals surface area contributed by atoms with Gasteiger partial charge in [0, 0.05) is 17.0 Å². The predicted octanol–water partition coefficient (Wildman–Crippen LogP) is 2.66. The van der Waals surface area contributed by atoms with Gasteiger partial charge in [0.15, 0.2) is 0 Å². The van der Waals surface area contributed by atoms with E-state index in [1.807, 2.05) is 7.05 Å². The summed E-state index contributed by atoms with van der Waals surface area (Å²) in [7, 11) is 1.83. The highest BCUT2D eigenvalue weighted by atomic mass is 35.5. The Hall–Kier alpha value is -1.13. The van der Waals surface area contributed by atoms with Gasteiger partial charge in [0.2, 0.25) is 5.91 Å². The summed E-state index contributed by atoms with van der Waals surface area (Å²) in [5.74, 6) is -0.498. The molecule has 1 rings (SSSR count). The van der Waals surface area contributed by atoms with E-state index in [0.717, 1.165) is 13.0 Å². The number of carbonyl (C=O) groups excluding carboxylic acids is 1. The standard InChI is InChI=1S/C13H18ClFN2O/c1-9(17-12(18)7-4-8-16-2)13-10(14)5-3-6-11(13)15/h3,5-6,9,16H,4,7-8H2,1-2H3,(H,17,18). The van der Waals surface area contributed by atoms with Crippen molar-refractivity contribution in [3.8, 4) is 0 Å². The van der Waals surface area contributed by atoms with Crippen molar-refractivity contribution in [2.45, 2.75) is 25.8 Å². The number of benzene rings is 1. The van der Waals surface area contributed by atoms with Gasteiger partial charge in [-0.3, -0.25) is 4.79 Å². The Morgan fingerprint density at radius 3 is 2.83 bits per heavy atom. The first-order chi connectivity index (χ1) is 8.56. The third-order valence-electron chi connectivity index (χ3n) is 2.64. The zero-order valence-electron chi connectivity index (χ0n) is 10.6. The summed E-state index contributed by atoms with van der Waals surface area (Å²) in [5.41, 5.74) is 0.334. The van der Waals surface area contributed by atoms with E-state index in [0.29, 0.717) is 17.0 Å². The van der Waals surface area contributed by atoms with Crippen molar-refractivity contribution in [1.29, 1.82) is 0 Å². The second-order valence-corrected chi connectivity index (χ2v) is 4.54.